The summed E-state index contributed by atoms with van der Waals surface area (Å²) in [5.74, 6) is 0.155. The second kappa shape index (κ2) is 6.86. The van der Waals surface area contributed by atoms with Crippen LogP contribution in [-0.2, 0) is 4.79 Å². The first-order chi connectivity index (χ1) is 7.69. The first-order valence-corrected chi connectivity index (χ1v) is 6.28. The summed E-state index contributed by atoms with van der Waals surface area (Å²) in [4.78, 5) is 15.7. The van der Waals surface area contributed by atoms with Crippen LogP contribution in [0.25, 0.3) is 0 Å². The lowest BCUT2D eigenvalue weighted by molar-refractivity contribution is -0.131. The molecule has 0 saturated heterocycles. The van der Waals surface area contributed by atoms with E-state index in [2.05, 4.69) is 4.90 Å². The van der Waals surface area contributed by atoms with E-state index in [0.29, 0.717) is 19.1 Å². The number of rotatable bonds is 6. The van der Waals surface area contributed by atoms with Crippen LogP contribution in [0.4, 0.5) is 0 Å². The summed E-state index contributed by atoms with van der Waals surface area (Å²) >= 11 is 0. The quantitative estimate of drug-likeness (QED) is 0.728. The molecule has 0 aliphatic heterocycles. The van der Waals surface area contributed by atoms with Crippen LogP contribution >= 0.6 is 0 Å². The summed E-state index contributed by atoms with van der Waals surface area (Å²) in [6.45, 7) is 3.93. The lowest BCUT2D eigenvalue weighted by atomic mass is 10.2. The SMILES string of the molecule is CCN(C)C(=O)CN(CCO)C1CCCC1. The van der Waals surface area contributed by atoms with Gasteiger partial charge in [0.15, 0.2) is 0 Å². The summed E-state index contributed by atoms with van der Waals surface area (Å²) < 4.78 is 0. The second-order valence-corrected chi connectivity index (χ2v) is 4.54. The Morgan fingerprint density at radius 2 is 2.00 bits per heavy atom. The van der Waals surface area contributed by atoms with E-state index in [-0.39, 0.29) is 12.5 Å². The van der Waals surface area contributed by atoms with Crippen molar-refractivity contribution in [3.05, 3.63) is 0 Å². The van der Waals surface area contributed by atoms with Crippen LogP contribution in [0.15, 0.2) is 0 Å². The molecule has 1 N–H and O–H groups in total. The maximum absolute atomic E-state index is 11.8. The molecule has 1 aliphatic rings. The normalized spacial score (nSPS) is 17.0. The van der Waals surface area contributed by atoms with Gasteiger partial charge in [0.2, 0.25) is 5.91 Å². The molecule has 4 heteroatoms. The number of amides is 1. The van der Waals surface area contributed by atoms with Crippen LogP contribution in [-0.4, -0.2) is 60.1 Å². The van der Waals surface area contributed by atoms with Crippen LogP contribution in [0, 0.1) is 0 Å². The average Bonchev–Trinajstić information content (AvgIpc) is 2.80. The maximum Gasteiger partial charge on any atom is 0.236 e. The van der Waals surface area contributed by atoms with Gasteiger partial charge in [0.1, 0.15) is 0 Å². The molecule has 0 unspecified atom stereocenters. The van der Waals surface area contributed by atoms with Crippen molar-refractivity contribution in [1.29, 1.82) is 0 Å². The monoisotopic (exact) mass is 228 g/mol. The van der Waals surface area contributed by atoms with Crippen molar-refractivity contribution < 1.29 is 9.90 Å². The number of likely N-dealkylation sites (N-methyl/N-ethyl adjacent to an activating group) is 1. The van der Waals surface area contributed by atoms with Gasteiger partial charge in [0.05, 0.1) is 13.2 Å². The fourth-order valence-corrected chi connectivity index (χ4v) is 2.26. The van der Waals surface area contributed by atoms with Gasteiger partial charge in [-0.3, -0.25) is 9.69 Å². The van der Waals surface area contributed by atoms with Crippen molar-refractivity contribution >= 4 is 5.91 Å². The summed E-state index contributed by atoms with van der Waals surface area (Å²) in [5, 5.41) is 9.04. The molecule has 0 atom stereocenters. The van der Waals surface area contributed by atoms with E-state index in [1.807, 2.05) is 14.0 Å². The van der Waals surface area contributed by atoms with Crippen molar-refractivity contribution in [2.24, 2.45) is 0 Å². The zero-order valence-electron chi connectivity index (χ0n) is 10.5. The highest BCUT2D eigenvalue weighted by atomic mass is 16.3. The molecule has 0 aromatic rings. The van der Waals surface area contributed by atoms with Gasteiger partial charge >= 0.3 is 0 Å². The van der Waals surface area contributed by atoms with Crippen molar-refractivity contribution in [3.63, 3.8) is 0 Å². The molecule has 0 aromatic carbocycles. The molecular formula is C12H24N2O2. The molecule has 1 saturated carbocycles. The van der Waals surface area contributed by atoms with Gasteiger partial charge in [-0.15, -0.1) is 0 Å². The van der Waals surface area contributed by atoms with Crippen LogP contribution < -0.4 is 0 Å². The molecule has 16 heavy (non-hydrogen) atoms. The molecular weight excluding hydrogens is 204 g/mol. The molecule has 0 spiro atoms. The third-order valence-electron chi connectivity index (χ3n) is 3.47. The third-order valence-corrected chi connectivity index (χ3v) is 3.47. The second-order valence-electron chi connectivity index (χ2n) is 4.54. The Labute approximate surface area is 98.2 Å². The lowest BCUT2D eigenvalue weighted by Gasteiger charge is -2.29. The molecule has 0 radical (unpaired) electrons. The first-order valence-electron chi connectivity index (χ1n) is 6.28. The van der Waals surface area contributed by atoms with E-state index >= 15 is 0 Å². The minimum Gasteiger partial charge on any atom is -0.395 e. The molecule has 0 heterocycles. The molecule has 1 rings (SSSR count). The Morgan fingerprint density at radius 3 is 2.50 bits per heavy atom. The molecule has 1 amide bonds. The van der Waals surface area contributed by atoms with E-state index in [1.165, 1.54) is 25.7 Å². The van der Waals surface area contributed by atoms with Gasteiger partial charge in [-0.2, -0.15) is 0 Å². The van der Waals surface area contributed by atoms with Crippen LogP contribution in [0.2, 0.25) is 0 Å². The Hall–Kier alpha value is -0.610. The number of hydrogen-bond donors (Lipinski definition) is 1. The predicted octanol–water partition coefficient (Wildman–Crippen LogP) is 0.702. The number of aliphatic hydroxyl groups excluding tert-OH is 1. The Kier molecular flexibility index (Phi) is 5.77. The van der Waals surface area contributed by atoms with E-state index in [9.17, 15) is 4.79 Å². The largest absolute Gasteiger partial charge is 0.395 e. The lowest BCUT2D eigenvalue weighted by Crippen LogP contribution is -2.43. The van der Waals surface area contributed by atoms with E-state index in [0.717, 1.165) is 6.54 Å². The standard InChI is InChI=1S/C12H24N2O2/c1-3-13(2)12(16)10-14(8-9-15)11-6-4-5-7-11/h11,15H,3-10H2,1-2H3. The van der Waals surface area contributed by atoms with Gasteiger partial charge in [0.25, 0.3) is 0 Å². The Bertz CT molecular complexity index is 215. The molecule has 1 aliphatic carbocycles. The predicted molar refractivity (Wildman–Crippen MR) is 64.2 cm³/mol. The minimum atomic E-state index is 0.139. The number of aliphatic hydroxyl groups is 1. The van der Waals surface area contributed by atoms with Gasteiger partial charge in [0, 0.05) is 26.2 Å². The van der Waals surface area contributed by atoms with E-state index in [4.69, 9.17) is 5.11 Å². The molecule has 1 fully saturated rings. The molecule has 0 aromatic heterocycles. The van der Waals surface area contributed by atoms with Crippen molar-refractivity contribution in [3.8, 4) is 0 Å². The smallest absolute Gasteiger partial charge is 0.236 e. The number of hydrogen-bond acceptors (Lipinski definition) is 3. The van der Waals surface area contributed by atoms with Crippen molar-refractivity contribution in [2.45, 2.75) is 38.6 Å². The summed E-state index contributed by atoms with van der Waals surface area (Å²) in [7, 11) is 1.83. The minimum absolute atomic E-state index is 0.139. The maximum atomic E-state index is 11.8. The van der Waals surface area contributed by atoms with E-state index in [1.54, 1.807) is 4.90 Å². The van der Waals surface area contributed by atoms with Crippen LogP contribution in [0.3, 0.4) is 0 Å². The highest BCUT2D eigenvalue weighted by molar-refractivity contribution is 5.77. The van der Waals surface area contributed by atoms with Crippen LogP contribution in [0.1, 0.15) is 32.6 Å². The first kappa shape index (κ1) is 13.5. The zero-order chi connectivity index (χ0) is 12.0. The average molecular weight is 228 g/mol. The van der Waals surface area contributed by atoms with E-state index < -0.39 is 0 Å². The topological polar surface area (TPSA) is 43.8 Å². The molecule has 0 bridgehead atoms. The highest BCUT2D eigenvalue weighted by Gasteiger charge is 2.24. The number of nitrogens with zero attached hydrogens (tertiary/aromatic N) is 2. The fourth-order valence-electron chi connectivity index (χ4n) is 2.26. The van der Waals surface area contributed by atoms with Gasteiger partial charge in [-0.1, -0.05) is 12.8 Å². The van der Waals surface area contributed by atoms with Gasteiger partial charge in [-0.05, 0) is 19.8 Å². The summed E-state index contributed by atoms with van der Waals surface area (Å²) in [6.07, 6.45) is 4.85. The molecule has 94 valence electrons. The molecule has 4 nitrogen and oxygen atoms in total. The van der Waals surface area contributed by atoms with Gasteiger partial charge < -0.3 is 10.0 Å². The number of carbonyl (C=O) groups is 1. The van der Waals surface area contributed by atoms with Gasteiger partial charge in [-0.25, -0.2) is 0 Å². The Morgan fingerprint density at radius 1 is 1.38 bits per heavy atom. The number of carbonyl (C=O) groups excluding carboxylic acids is 1. The van der Waals surface area contributed by atoms with Crippen LogP contribution in [0.5, 0.6) is 0 Å². The zero-order valence-corrected chi connectivity index (χ0v) is 10.5. The highest BCUT2D eigenvalue weighted by Crippen LogP contribution is 2.23. The fraction of sp³-hybridized carbons (Fsp3) is 0.917. The third kappa shape index (κ3) is 3.76. The van der Waals surface area contributed by atoms with Crippen molar-refractivity contribution in [2.75, 3.05) is 33.3 Å². The van der Waals surface area contributed by atoms with Crippen molar-refractivity contribution in [1.82, 2.24) is 9.80 Å². The summed E-state index contributed by atoms with van der Waals surface area (Å²) in [5.41, 5.74) is 0. The Balaban J connectivity index is 2.46. The summed E-state index contributed by atoms with van der Waals surface area (Å²) in [6, 6.07) is 0.501.